The van der Waals surface area contributed by atoms with Crippen LogP contribution in [0.2, 0.25) is 0 Å². The zero-order valence-corrected chi connectivity index (χ0v) is 21.1. The highest BCUT2D eigenvalue weighted by Gasteiger charge is 2.58. The maximum atomic E-state index is 14.1. The highest BCUT2D eigenvalue weighted by Crippen LogP contribution is 2.50. The molecule has 1 aliphatic heterocycles. The molecular formula is C28H37N3O4. The lowest BCUT2D eigenvalue weighted by Crippen LogP contribution is -2.49. The number of ether oxygens (including phenoxy) is 1. The summed E-state index contributed by atoms with van der Waals surface area (Å²) in [5.41, 5.74) is 0.531. The van der Waals surface area contributed by atoms with Gasteiger partial charge in [-0.2, -0.15) is 4.98 Å². The van der Waals surface area contributed by atoms with Crippen LogP contribution in [-0.2, 0) is 9.59 Å². The lowest BCUT2D eigenvalue weighted by atomic mass is 9.72. The summed E-state index contributed by atoms with van der Waals surface area (Å²) in [7, 11) is 1.57. The number of carboxylic acid groups (broad SMARTS) is 1. The van der Waals surface area contributed by atoms with E-state index in [1.165, 1.54) is 0 Å². The van der Waals surface area contributed by atoms with Gasteiger partial charge in [-0.3, -0.25) is 4.79 Å². The fourth-order valence-electron chi connectivity index (χ4n) is 6.00. The zero-order chi connectivity index (χ0) is 25.2. The minimum Gasteiger partial charge on any atom is -0.481 e. The third-order valence-corrected chi connectivity index (χ3v) is 7.52. The number of nitrogens with one attached hydrogen (secondary N) is 1. The number of pyridine rings is 1. The van der Waals surface area contributed by atoms with Gasteiger partial charge in [0, 0.05) is 17.9 Å². The predicted octanol–water partition coefficient (Wildman–Crippen LogP) is 5.15. The Kier molecular flexibility index (Phi) is 7.33. The SMILES string of the molecule is COc1cccc(NC2C(c3ccccc3)N(C(=O)C3CCCCC3)C(C(=O)O)C2C(C)(C)C)n1. The molecule has 1 saturated heterocycles. The number of hydrogen-bond donors (Lipinski definition) is 2. The number of amides is 1. The molecule has 188 valence electrons. The van der Waals surface area contributed by atoms with Crippen molar-refractivity contribution >= 4 is 17.7 Å². The first-order chi connectivity index (χ1) is 16.7. The van der Waals surface area contributed by atoms with Gasteiger partial charge < -0.3 is 20.1 Å². The molecule has 1 aromatic carbocycles. The molecule has 7 nitrogen and oxygen atoms in total. The van der Waals surface area contributed by atoms with Crippen LogP contribution >= 0.6 is 0 Å². The van der Waals surface area contributed by atoms with Crippen LogP contribution < -0.4 is 10.1 Å². The number of rotatable bonds is 6. The van der Waals surface area contributed by atoms with E-state index >= 15 is 0 Å². The molecule has 1 amide bonds. The molecule has 2 heterocycles. The molecule has 2 fully saturated rings. The Morgan fingerprint density at radius 3 is 2.31 bits per heavy atom. The molecule has 0 radical (unpaired) electrons. The topological polar surface area (TPSA) is 91.8 Å². The normalized spacial score (nSPS) is 25.3. The first kappa shape index (κ1) is 25.0. The molecule has 2 aromatic rings. The maximum absolute atomic E-state index is 14.1. The molecule has 7 heteroatoms. The van der Waals surface area contributed by atoms with Gasteiger partial charge in [-0.05, 0) is 29.9 Å². The van der Waals surface area contributed by atoms with Crippen molar-refractivity contribution in [3.05, 3.63) is 54.1 Å². The number of carboxylic acids is 1. The summed E-state index contributed by atoms with van der Waals surface area (Å²) in [5, 5.41) is 14.1. The third kappa shape index (κ3) is 5.14. The summed E-state index contributed by atoms with van der Waals surface area (Å²) in [6.07, 6.45) is 4.79. The van der Waals surface area contributed by atoms with Crippen molar-refractivity contribution in [3.8, 4) is 5.88 Å². The number of anilines is 1. The minimum atomic E-state index is -0.960. The highest BCUT2D eigenvalue weighted by atomic mass is 16.5. The summed E-state index contributed by atoms with van der Waals surface area (Å²) in [5.74, 6) is -0.417. The Balaban J connectivity index is 1.85. The van der Waals surface area contributed by atoms with Crippen molar-refractivity contribution in [1.29, 1.82) is 0 Å². The molecule has 2 N–H and O–H groups in total. The van der Waals surface area contributed by atoms with Gasteiger partial charge in [0.2, 0.25) is 11.8 Å². The van der Waals surface area contributed by atoms with E-state index in [0.29, 0.717) is 11.7 Å². The molecule has 35 heavy (non-hydrogen) atoms. The van der Waals surface area contributed by atoms with Crippen molar-refractivity contribution in [2.24, 2.45) is 17.3 Å². The standard InChI is InChI=1S/C28H37N3O4/c1-28(2,3)22-23(30-20-16-11-17-21(29-20)35-4)24(18-12-7-5-8-13-18)31(25(22)27(33)34)26(32)19-14-9-6-10-15-19/h5,7-8,11-13,16-17,19,22-25H,6,9-10,14-15H2,1-4H3,(H,29,30)(H,33,34). The first-order valence-electron chi connectivity index (χ1n) is 12.6. The van der Waals surface area contributed by atoms with Crippen molar-refractivity contribution in [1.82, 2.24) is 9.88 Å². The van der Waals surface area contributed by atoms with Gasteiger partial charge in [0.25, 0.3) is 0 Å². The number of carbonyl (C=O) groups is 2. The second-order valence-corrected chi connectivity index (χ2v) is 10.8. The zero-order valence-electron chi connectivity index (χ0n) is 21.1. The number of aliphatic carboxylic acids is 1. The van der Waals surface area contributed by atoms with Gasteiger partial charge in [-0.25, -0.2) is 4.79 Å². The van der Waals surface area contributed by atoms with Crippen LogP contribution in [0.15, 0.2) is 48.5 Å². The van der Waals surface area contributed by atoms with Crippen LogP contribution in [0.3, 0.4) is 0 Å². The Morgan fingerprint density at radius 2 is 1.71 bits per heavy atom. The Morgan fingerprint density at radius 1 is 1.03 bits per heavy atom. The van der Waals surface area contributed by atoms with Crippen LogP contribution in [0.25, 0.3) is 0 Å². The van der Waals surface area contributed by atoms with Gasteiger partial charge in [0.1, 0.15) is 11.9 Å². The van der Waals surface area contributed by atoms with Crippen molar-refractivity contribution in [2.75, 3.05) is 12.4 Å². The molecule has 4 unspecified atom stereocenters. The van der Waals surface area contributed by atoms with Crippen molar-refractivity contribution in [3.63, 3.8) is 0 Å². The maximum Gasteiger partial charge on any atom is 0.326 e. The van der Waals surface area contributed by atoms with Crippen molar-refractivity contribution < 1.29 is 19.4 Å². The van der Waals surface area contributed by atoms with Gasteiger partial charge in [0.15, 0.2) is 0 Å². The Bertz CT molecular complexity index is 1030. The first-order valence-corrected chi connectivity index (χ1v) is 12.6. The third-order valence-electron chi connectivity index (χ3n) is 7.52. The summed E-state index contributed by atoms with van der Waals surface area (Å²) in [6.45, 7) is 6.16. The summed E-state index contributed by atoms with van der Waals surface area (Å²) >= 11 is 0. The number of methoxy groups -OCH3 is 1. The average Bonchev–Trinajstić information content (AvgIpc) is 3.20. The van der Waals surface area contributed by atoms with Crippen LogP contribution in [0.5, 0.6) is 5.88 Å². The molecule has 1 aromatic heterocycles. The van der Waals surface area contributed by atoms with Crippen LogP contribution in [0.4, 0.5) is 5.82 Å². The molecule has 1 aliphatic carbocycles. The molecule has 2 aliphatic rings. The van der Waals surface area contributed by atoms with E-state index < -0.39 is 23.5 Å². The van der Waals surface area contributed by atoms with Crippen LogP contribution in [0, 0.1) is 17.3 Å². The number of aromatic nitrogens is 1. The second-order valence-electron chi connectivity index (χ2n) is 10.8. The molecule has 0 spiro atoms. The average molecular weight is 480 g/mol. The number of hydrogen-bond acceptors (Lipinski definition) is 5. The molecule has 4 rings (SSSR count). The molecular weight excluding hydrogens is 442 g/mol. The Hall–Kier alpha value is -3.09. The second kappa shape index (κ2) is 10.3. The quantitative estimate of drug-likeness (QED) is 0.595. The van der Waals surface area contributed by atoms with Gasteiger partial charge in [-0.1, -0.05) is 76.4 Å². The van der Waals surface area contributed by atoms with E-state index in [0.717, 1.165) is 37.7 Å². The fourth-order valence-corrected chi connectivity index (χ4v) is 6.00. The van der Waals surface area contributed by atoms with E-state index in [-0.39, 0.29) is 23.8 Å². The minimum absolute atomic E-state index is 0.0388. The van der Waals surface area contributed by atoms with E-state index in [9.17, 15) is 14.7 Å². The van der Waals surface area contributed by atoms with E-state index in [1.54, 1.807) is 18.1 Å². The fraction of sp³-hybridized carbons (Fsp3) is 0.536. The van der Waals surface area contributed by atoms with Crippen LogP contribution in [-0.4, -0.2) is 46.1 Å². The number of benzene rings is 1. The van der Waals surface area contributed by atoms with E-state index in [2.05, 4.69) is 31.1 Å². The molecule has 0 bridgehead atoms. The monoisotopic (exact) mass is 479 g/mol. The van der Waals surface area contributed by atoms with Gasteiger partial charge >= 0.3 is 5.97 Å². The number of carbonyl (C=O) groups excluding carboxylic acids is 1. The smallest absolute Gasteiger partial charge is 0.326 e. The molecule has 1 saturated carbocycles. The van der Waals surface area contributed by atoms with Crippen molar-refractivity contribution in [2.45, 2.75) is 71.0 Å². The predicted molar refractivity (Wildman–Crippen MR) is 135 cm³/mol. The Labute approximate surface area is 207 Å². The summed E-state index contributed by atoms with van der Waals surface area (Å²) in [6, 6.07) is 13.5. The lowest BCUT2D eigenvalue weighted by molar-refractivity contribution is -0.154. The largest absolute Gasteiger partial charge is 0.481 e. The van der Waals surface area contributed by atoms with Gasteiger partial charge in [0.05, 0.1) is 19.2 Å². The highest BCUT2D eigenvalue weighted by molar-refractivity contribution is 5.87. The summed E-state index contributed by atoms with van der Waals surface area (Å²) < 4.78 is 5.31. The van der Waals surface area contributed by atoms with Gasteiger partial charge in [-0.15, -0.1) is 0 Å². The van der Waals surface area contributed by atoms with E-state index in [1.807, 2.05) is 42.5 Å². The molecule has 4 atom stereocenters. The lowest BCUT2D eigenvalue weighted by Gasteiger charge is -2.36. The number of likely N-dealkylation sites (tertiary alicyclic amines) is 1. The summed E-state index contributed by atoms with van der Waals surface area (Å²) in [4.78, 5) is 33.2. The van der Waals surface area contributed by atoms with Crippen LogP contribution in [0.1, 0.15) is 64.5 Å². The van der Waals surface area contributed by atoms with E-state index in [4.69, 9.17) is 4.74 Å². The number of nitrogens with zero attached hydrogens (tertiary/aromatic N) is 2.